The highest BCUT2D eigenvalue weighted by molar-refractivity contribution is 8.27. The molecule has 0 radical (unpaired) electrons. The molecule has 140 valence electrons. The first-order valence-electron chi connectivity index (χ1n) is 8.64. The van der Waals surface area contributed by atoms with Crippen molar-refractivity contribution in [3.63, 3.8) is 0 Å². The first kappa shape index (κ1) is 19.5. The number of anilines is 1. The van der Waals surface area contributed by atoms with Crippen LogP contribution in [0.25, 0.3) is 6.08 Å². The lowest BCUT2D eigenvalue weighted by Crippen LogP contribution is -2.27. The molecule has 1 heterocycles. The Labute approximate surface area is 169 Å². The number of methoxy groups -OCH3 is 1. The Balaban J connectivity index is 1.91. The topological polar surface area (TPSA) is 38.8 Å². The third kappa shape index (κ3) is 4.34. The van der Waals surface area contributed by atoms with Gasteiger partial charge in [0.25, 0.3) is 5.91 Å². The van der Waals surface area contributed by atoms with Gasteiger partial charge in [-0.2, -0.15) is 0 Å². The fourth-order valence-corrected chi connectivity index (χ4v) is 3.89. The largest absolute Gasteiger partial charge is 0.495 e. The number of hydrogen-bond donors (Lipinski definition) is 0. The second-order valence-corrected chi connectivity index (χ2v) is 8.11. The number of thioether (sulfide) groups is 1. The molecule has 0 saturated carbocycles. The molecule has 0 spiro atoms. The number of benzene rings is 2. The smallest absolute Gasteiger partial charge is 0.270 e. The molecule has 0 atom stereocenters. The molecule has 4 nitrogen and oxygen atoms in total. The van der Waals surface area contributed by atoms with Crippen LogP contribution in [0.1, 0.15) is 19.4 Å². The Hall–Kier alpha value is -2.31. The molecule has 6 heteroatoms. The highest BCUT2D eigenvalue weighted by atomic mass is 32.2. The summed E-state index contributed by atoms with van der Waals surface area (Å²) in [6.45, 7) is 4.81. The van der Waals surface area contributed by atoms with E-state index < -0.39 is 0 Å². The molecule has 2 aromatic carbocycles. The van der Waals surface area contributed by atoms with Gasteiger partial charge in [-0.25, -0.2) is 0 Å². The monoisotopic (exact) mass is 399 g/mol. The SMILES string of the molecule is COc1ccccc1N1C(=O)/C(=C\c2ccccc2OCC(C)C)SC1=S. The first-order chi connectivity index (χ1) is 13.0. The molecular formula is C21H21NO3S2. The maximum Gasteiger partial charge on any atom is 0.270 e. The van der Waals surface area contributed by atoms with Gasteiger partial charge in [0.05, 0.1) is 24.3 Å². The molecule has 0 unspecified atom stereocenters. The lowest BCUT2D eigenvalue weighted by atomic mass is 10.1. The third-order valence-corrected chi connectivity index (χ3v) is 5.20. The van der Waals surface area contributed by atoms with Crippen LogP contribution in [0.15, 0.2) is 53.4 Å². The molecule has 0 aliphatic carbocycles. The molecule has 1 amide bonds. The number of hydrogen-bond acceptors (Lipinski definition) is 5. The molecule has 1 saturated heterocycles. The summed E-state index contributed by atoms with van der Waals surface area (Å²) in [4.78, 5) is 15.1. The lowest BCUT2D eigenvalue weighted by molar-refractivity contribution is -0.113. The predicted octanol–water partition coefficient (Wildman–Crippen LogP) is 5.14. The molecule has 0 N–H and O–H groups in total. The summed E-state index contributed by atoms with van der Waals surface area (Å²) in [5.74, 6) is 1.62. The van der Waals surface area contributed by atoms with E-state index >= 15 is 0 Å². The van der Waals surface area contributed by atoms with Gasteiger partial charge in [0.2, 0.25) is 0 Å². The molecule has 1 fully saturated rings. The molecule has 3 rings (SSSR count). The summed E-state index contributed by atoms with van der Waals surface area (Å²) in [5, 5.41) is 0. The zero-order valence-electron chi connectivity index (χ0n) is 15.5. The molecule has 1 aliphatic rings. The Morgan fingerprint density at radius 1 is 1.11 bits per heavy atom. The van der Waals surface area contributed by atoms with Crippen LogP contribution in [-0.2, 0) is 4.79 Å². The Kier molecular flexibility index (Phi) is 6.19. The highest BCUT2D eigenvalue weighted by Gasteiger charge is 2.35. The van der Waals surface area contributed by atoms with Gasteiger partial charge >= 0.3 is 0 Å². The normalized spacial score (nSPS) is 15.7. The second-order valence-electron chi connectivity index (χ2n) is 6.43. The van der Waals surface area contributed by atoms with Crippen LogP contribution in [0.3, 0.4) is 0 Å². The maximum absolute atomic E-state index is 13.0. The molecule has 2 aromatic rings. The number of ether oxygens (including phenoxy) is 2. The van der Waals surface area contributed by atoms with Crippen molar-refractivity contribution in [3.8, 4) is 11.5 Å². The molecular weight excluding hydrogens is 378 g/mol. The van der Waals surface area contributed by atoms with Crippen LogP contribution in [0.5, 0.6) is 11.5 Å². The van der Waals surface area contributed by atoms with Crippen LogP contribution in [0.4, 0.5) is 5.69 Å². The lowest BCUT2D eigenvalue weighted by Gasteiger charge is -2.17. The van der Waals surface area contributed by atoms with E-state index in [0.29, 0.717) is 33.2 Å². The van der Waals surface area contributed by atoms with Crippen LogP contribution in [-0.4, -0.2) is 23.9 Å². The Morgan fingerprint density at radius 3 is 2.48 bits per heavy atom. The fourth-order valence-electron chi connectivity index (χ4n) is 2.62. The minimum absolute atomic E-state index is 0.159. The van der Waals surface area contributed by atoms with Crippen LogP contribution in [0, 0.1) is 5.92 Å². The van der Waals surface area contributed by atoms with Gasteiger partial charge in [0.15, 0.2) is 4.32 Å². The summed E-state index contributed by atoms with van der Waals surface area (Å²) in [5.41, 5.74) is 1.51. The summed E-state index contributed by atoms with van der Waals surface area (Å²) in [6.07, 6.45) is 1.84. The van der Waals surface area contributed by atoms with Gasteiger partial charge in [0.1, 0.15) is 11.5 Å². The first-order valence-corrected chi connectivity index (χ1v) is 9.86. The van der Waals surface area contributed by atoms with Gasteiger partial charge in [-0.05, 0) is 30.2 Å². The van der Waals surface area contributed by atoms with E-state index in [1.54, 1.807) is 7.11 Å². The number of amides is 1. The average Bonchev–Trinajstić information content (AvgIpc) is 2.94. The Bertz CT molecular complexity index is 893. The van der Waals surface area contributed by atoms with Crippen molar-refractivity contribution in [2.75, 3.05) is 18.6 Å². The number of carbonyl (C=O) groups is 1. The highest BCUT2D eigenvalue weighted by Crippen LogP contribution is 2.40. The number of para-hydroxylation sites is 3. The number of rotatable bonds is 6. The van der Waals surface area contributed by atoms with Crippen LogP contribution < -0.4 is 14.4 Å². The summed E-state index contributed by atoms with van der Waals surface area (Å²) < 4.78 is 11.7. The molecule has 27 heavy (non-hydrogen) atoms. The van der Waals surface area contributed by atoms with Gasteiger partial charge in [0, 0.05) is 5.56 Å². The summed E-state index contributed by atoms with van der Waals surface area (Å²) >= 11 is 6.74. The van der Waals surface area contributed by atoms with E-state index in [4.69, 9.17) is 21.7 Å². The van der Waals surface area contributed by atoms with Crippen molar-refractivity contribution in [1.29, 1.82) is 0 Å². The zero-order valence-corrected chi connectivity index (χ0v) is 17.1. The van der Waals surface area contributed by atoms with Crippen molar-refractivity contribution in [2.24, 2.45) is 5.92 Å². The van der Waals surface area contributed by atoms with E-state index in [9.17, 15) is 4.79 Å². The maximum atomic E-state index is 13.0. The minimum Gasteiger partial charge on any atom is -0.495 e. The molecule has 1 aliphatic heterocycles. The van der Waals surface area contributed by atoms with Gasteiger partial charge < -0.3 is 9.47 Å². The average molecular weight is 400 g/mol. The number of thiocarbonyl (C=S) groups is 1. The van der Waals surface area contributed by atoms with E-state index in [2.05, 4.69) is 13.8 Å². The fraction of sp³-hybridized carbons (Fsp3) is 0.238. The van der Waals surface area contributed by atoms with Crippen molar-refractivity contribution in [3.05, 3.63) is 59.0 Å². The zero-order chi connectivity index (χ0) is 19.4. The van der Waals surface area contributed by atoms with Crippen molar-refractivity contribution >= 4 is 46.0 Å². The summed E-state index contributed by atoms with van der Waals surface area (Å²) in [6, 6.07) is 15.1. The second kappa shape index (κ2) is 8.59. The van der Waals surface area contributed by atoms with E-state index in [1.165, 1.54) is 16.7 Å². The van der Waals surface area contributed by atoms with E-state index in [0.717, 1.165) is 11.3 Å². The third-order valence-electron chi connectivity index (χ3n) is 3.90. The van der Waals surface area contributed by atoms with Crippen LogP contribution in [0.2, 0.25) is 0 Å². The van der Waals surface area contributed by atoms with Crippen molar-refractivity contribution in [1.82, 2.24) is 0 Å². The van der Waals surface area contributed by atoms with Crippen LogP contribution >= 0.6 is 24.0 Å². The predicted molar refractivity (Wildman–Crippen MR) is 115 cm³/mol. The number of nitrogens with zero attached hydrogens (tertiary/aromatic N) is 1. The Morgan fingerprint density at radius 2 is 1.78 bits per heavy atom. The van der Waals surface area contributed by atoms with Crippen molar-refractivity contribution in [2.45, 2.75) is 13.8 Å². The molecule has 0 aromatic heterocycles. The minimum atomic E-state index is -0.159. The number of carbonyl (C=O) groups excluding carboxylic acids is 1. The standard InChI is InChI=1S/C21H21NO3S2/c1-14(2)13-25-17-10-6-4-8-15(17)12-19-20(23)22(21(26)27-19)16-9-5-7-11-18(16)24-3/h4-12,14H,13H2,1-3H3/b19-12+. The van der Waals surface area contributed by atoms with Crippen molar-refractivity contribution < 1.29 is 14.3 Å². The van der Waals surface area contributed by atoms with Gasteiger partial charge in [-0.15, -0.1) is 0 Å². The van der Waals surface area contributed by atoms with E-state index in [-0.39, 0.29) is 5.91 Å². The quantitative estimate of drug-likeness (QED) is 0.497. The van der Waals surface area contributed by atoms with E-state index in [1.807, 2.05) is 54.6 Å². The molecule has 0 bridgehead atoms. The summed E-state index contributed by atoms with van der Waals surface area (Å²) in [7, 11) is 1.58. The van der Waals surface area contributed by atoms with Gasteiger partial charge in [-0.3, -0.25) is 9.69 Å². The van der Waals surface area contributed by atoms with Gasteiger partial charge in [-0.1, -0.05) is 68.2 Å².